The zero-order valence-corrected chi connectivity index (χ0v) is 18.8. The van der Waals surface area contributed by atoms with Gasteiger partial charge in [-0.3, -0.25) is 9.59 Å². The third-order valence-electron chi connectivity index (χ3n) is 5.10. The smallest absolute Gasteiger partial charge is 0.261 e. The molecule has 0 aliphatic carbocycles. The Morgan fingerprint density at radius 2 is 1.63 bits per heavy atom. The minimum Gasteiger partial charge on any atom is -0.484 e. The fraction of sp³-hybridized carbons (Fsp3) is 0.440. The Bertz CT molecular complexity index is 813. The molecule has 0 aromatic heterocycles. The zero-order valence-electron chi connectivity index (χ0n) is 18.8. The first-order chi connectivity index (χ1) is 14.3. The summed E-state index contributed by atoms with van der Waals surface area (Å²) in [5.74, 6) is 0.709. The summed E-state index contributed by atoms with van der Waals surface area (Å²) in [4.78, 5) is 27.1. The van der Waals surface area contributed by atoms with Crippen LogP contribution in [0, 0.1) is 6.92 Å². The fourth-order valence-electron chi connectivity index (χ4n) is 3.05. The number of amides is 2. The van der Waals surface area contributed by atoms with Crippen molar-refractivity contribution in [3.8, 4) is 5.75 Å². The van der Waals surface area contributed by atoms with E-state index in [1.807, 2.05) is 62.4 Å². The van der Waals surface area contributed by atoms with Gasteiger partial charge in [0.2, 0.25) is 5.91 Å². The SMILES string of the molecule is CCCNC(=O)C(C)N(Cc1ccc(C)cc1)C(=O)COc1ccc(C(C)C)cc1. The molecule has 2 amide bonds. The molecular weight excluding hydrogens is 376 g/mol. The van der Waals surface area contributed by atoms with E-state index in [2.05, 4.69) is 19.2 Å². The lowest BCUT2D eigenvalue weighted by molar-refractivity contribution is -0.142. The van der Waals surface area contributed by atoms with Crippen molar-refractivity contribution >= 4 is 11.8 Å². The summed E-state index contributed by atoms with van der Waals surface area (Å²) in [6, 6.07) is 15.2. The van der Waals surface area contributed by atoms with Crippen molar-refractivity contribution in [2.45, 2.75) is 59.5 Å². The number of carbonyl (C=O) groups excluding carboxylic acids is 2. The molecule has 0 bridgehead atoms. The minimum atomic E-state index is -0.586. The maximum atomic E-state index is 13.0. The second-order valence-electron chi connectivity index (χ2n) is 7.99. The Morgan fingerprint density at radius 1 is 1.00 bits per heavy atom. The average molecular weight is 411 g/mol. The molecule has 5 heteroatoms. The van der Waals surface area contributed by atoms with Crippen molar-refractivity contribution in [2.75, 3.05) is 13.2 Å². The molecule has 0 saturated carbocycles. The van der Waals surface area contributed by atoms with Gasteiger partial charge in [0, 0.05) is 13.1 Å². The number of carbonyl (C=O) groups is 2. The summed E-state index contributed by atoms with van der Waals surface area (Å²) in [5.41, 5.74) is 3.35. The van der Waals surface area contributed by atoms with Crippen LogP contribution in [0.5, 0.6) is 5.75 Å². The van der Waals surface area contributed by atoms with Gasteiger partial charge in [0.25, 0.3) is 5.91 Å². The molecule has 0 aliphatic rings. The number of ether oxygens (including phenoxy) is 1. The van der Waals surface area contributed by atoms with Gasteiger partial charge in [-0.1, -0.05) is 62.7 Å². The summed E-state index contributed by atoms with van der Waals surface area (Å²) in [6.07, 6.45) is 0.847. The fourth-order valence-corrected chi connectivity index (χ4v) is 3.05. The molecule has 0 aliphatic heterocycles. The first-order valence-corrected chi connectivity index (χ1v) is 10.7. The molecule has 0 spiro atoms. The Labute approximate surface area is 180 Å². The molecule has 162 valence electrons. The molecule has 5 nitrogen and oxygen atoms in total. The number of hydrogen-bond donors (Lipinski definition) is 1. The van der Waals surface area contributed by atoms with E-state index in [9.17, 15) is 9.59 Å². The number of nitrogens with one attached hydrogen (secondary N) is 1. The topological polar surface area (TPSA) is 58.6 Å². The van der Waals surface area contributed by atoms with Crippen LogP contribution in [0.4, 0.5) is 0 Å². The lowest BCUT2D eigenvalue weighted by atomic mass is 10.0. The van der Waals surface area contributed by atoms with E-state index >= 15 is 0 Å². The molecule has 2 aromatic rings. The third-order valence-corrected chi connectivity index (χ3v) is 5.10. The second kappa shape index (κ2) is 11.4. The summed E-state index contributed by atoms with van der Waals surface area (Å²) >= 11 is 0. The molecule has 0 fully saturated rings. The van der Waals surface area contributed by atoms with Crippen molar-refractivity contribution in [3.63, 3.8) is 0 Å². The first kappa shape index (κ1) is 23.5. The van der Waals surface area contributed by atoms with Gasteiger partial charge in [-0.25, -0.2) is 0 Å². The van der Waals surface area contributed by atoms with Crippen molar-refractivity contribution in [3.05, 3.63) is 65.2 Å². The van der Waals surface area contributed by atoms with E-state index in [1.54, 1.807) is 11.8 Å². The Morgan fingerprint density at radius 3 is 2.20 bits per heavy atom. The standard InChI is InChI=1S/C25H34N2O3/c1-6-15-26-25(29)20(5)27(16-21-9-7-19(4)8-10-21)24(28)17-30-23-13-11-22(12-14-23)18(2)3/h7-14,18,20H,6,15-17H2,1-5H3,(H,26,29). The van der Waals surface area contributed by atoms with E-state index in [-0.39, 0.29) is 18.4 Å². The van der Waals surface area contributed by atoms with Gasteiger partial charge in [-0.05, 0) is 49.4 Å². The summed E-state index contributed by atoms with van der Waals surface area (Å²) in [5, 5.41) is 2.88. The van der Waals surface area contributed by atoms with Gasteiger partial charge < -0.3 is 15.0 Å². The maximum absolute atomic E-state index is 13.0. The zero-order chi connectivity index (χ0) is 22.1. The third kappa shape index (κ3) is 6.90. The minimum absolute atomic E-state index is 0.113. The van der Waals surface area contributed by atoms with E-state index < -0.39 is 6.04 Å². The van der Waals surface area contributed by atoms with E-state index in [4.69, 9.17) is 4.74 Å². The first-order valence-electron chi connectivity index (χ1n) is 10.7. The number of nitrogens with zero attached hydrogens (tertiary/aromatic N) is 1. The van der Waals surface area contributed by atoms with Crippen LogP contribution in [-0.4, -0.2) is 35.9 Å². The molecule has 30 heavy (non-hydrogen) atoms. The van der Waals surface area contributed by atoms with Crippen LogP contribution >= 0.6 is 0 Å². The lowest BCUT2D eigenvalue weighted by Gasteiger charge is -2.28. The predicted octanol–water partition coefficient (Wildman–Crippen LogP) is 4.44. The van der Waals surface area contributed by atoms with Crippen LogP contribution in [0.3, 0.4) is 0 Å². The maximum Gasteiger partial charge on any atom is 0.261 e. The number of rotatable bonds is 10. The second-order valence-corrected chi connectivity index (χ2v) is 7.99. The Kier molecular flexibility index (Phi) is 8.90. The van der Waals surface area contributed by atoms with Crippen LogP contribution in [-0.2, 0) is 16.1 Å². The predicted molar refractivity (Wildman–Crippen MR) is 121 cm³/mol. The molecule has 0 heterocycles. The van der Waals surface area contributed by atoms with Crippen LogP contribution in [0.15, 0.2) is 48.5 Å². The molecular formula is C25H34N2O3. The summed E-state index contributed by atoms with van der Waals surface area (Å²) < 4.78 is 5.73. The highest BCUT2D eigenvalue weighted by Gasteiger charge is 2.26. The van der Waals surface area contributed by atoms with Crippen LogP contribution in [0.25, 0.3) is 0 Å². The molecule has 2 aromatic carbocycles. The van der Waals surface area contributed by atoms with Gasteiger partial charge >= 0.3 is 0 Å². The van der Waals surface area contributed by atoms with Gasteiger partial charge in [-0.15, -0.1) is 0 Å². The molecule has 1 unspecified atom stereocenters. The highest BCUT2D eigenvalue weighted by Crippen LogP contribution is 2.19. The highest BCUT2D eigenvalue weighted by molar-refractivity contribution is 5.87. The normalized spacial score (nSPS) is 11.8. The van der Waals surface area contributed by atoms with Crippen molar-refractivity contribution in [1.82, 2.24) is 10.2 Å². The quantitative estimate of drug-likeness (QED) is 0.630. The highest BCUT2D eigenvalue weighted by atomic mass is 16.5. The number of hydrogen-bond acceptors (Lipinski definition) is 3. The summed E-state index contributed by atoms with van der Waals surface area (Å²) in [7, 11) is 0. The van der Waals surface area contributed by atoms with Crippen molar-refractivity contribution in [2.24, 2.45) is 0 Å². The van der Waals surface area contributed by atoms with Crippen LogP contribution in [0.2, 0.25) is 0 Å². The molecule has 1 N–H and O–H groups in total. The molecule has 0 radical (unpaired) electrons. The Hall–Kier alpha value is -2.82. The van der Waals surface area contributed by atoms with Gasteiger partial charge in [-0.2, -0.15) is 0 Å². The van der Waals surface area contributed by atoms with E-state index in [0.717, 1.165) is 17.5 Å². The largest absolute Gasteiger partial charge is 0.484 e. The van der Waals surface area contributed by atoms with E-state index in [0.29, 0.717) is 24.8 Å². The van der Waals surface area contributed by atoms with Gasteiger partial charge in [0.15, 0.2) is 6.61 Å². The molecule has 2 rings (SSSR count). The monoisotopic (exact) mass is 410 g/mol. The van der Waals surface area contributed by atoms with Gasteiger partial charge in [0.05, 0.1) is 0 Å². The van der Waals surface area contributed by atoms with E-state index in [1.165, 1.54) is 5.56 Å². The van der Waals surface area contributed by atoms with Crippen molar-refractivity contribution in [1.29, 1.82) is 0 Å². The number of aryl methyl sites for hydroxylation is 1. The number of benzene rings is 2. The van der Waals surface area contributed by atoms with Crippen LogP contribution < -0.4 is 10.1 Å². The summed E-state index contributed by atoms with van der Waals surface area (Å²) in [6.45, 7) is 10.9. The average Bonchev–Trinajstić information content (AvgIpc) is 2.75. The molecule has 1 atom stereocenters. The van der Waals surface area contributed by atoms with Gasteiger partial charge in [0.1, 0.15) is 11.8 Å². The van der Waals surface area contributed by atoms with Crippen molar-refractivity contribution < 1.29 is 14.3 Å². The molecule has 0 saturated heterocycles. The van der Waals surface area contributed by atoms with Crippen LogP contribution in [0.1, 0.15) is 56.7 Å². The lowest BCUT2D eigenvalue weighted by Crippen LogP contribution is -2.49. The Balaban J connectivity index is 2.09.